The Morgan fingerprint density at radius 1 is 0.439 bits per heavy atom. The van der Waals surface area contributed by atoms with E-state index in [0.717, 1.165) is 0 Å². The molecule has 0 saturated carbocycles. The van der Waals surface area contributed by atoms with Crippen molar-refractivity contribution in [1.82, 2.24) is 16.0 Å². The number of hydrogen-bond donors (Lipinski definition) is 9. The fourth-order valence-electron chi connectivity index (χ4n) is 4.94. The SMILES string of the molecule is O=C(NC1=CC(S(=O)(=O)O)=CC(C(=O)O)C1=O)c1cc(C(=O)NC2=CC(S(=O)(=O)O)=CC(C(=O)O)C2=O)cc(C(=O)NC2=CC(S(=O)(=O)O)=CC(C(=O)O)C2=O)c1. The zero-order valence-electron chi connectivity index (χ0n) is 27.5. The van der Waals surface area contributed by atoms with Gasteiger partial charge in [0.05, 0.1) is 31.8 Å². The van der Waals surface area contributed by atoms with E-state index >= 15 is 0 Å². The van der Waals surface area contributed by atoms with Crippen LogP contribution in [0.2, 0.25) is 0 Å². The number of allylic oxidation sites excluding steroid dienone is 6. The monoisotopic (exact) mass is 855 g/mol. The molecule has 3 aliphatic rings. The maximum absolute atomic E-state index is 13.5. The van der Waals surface area contributed by atoms with E-state index in [1.54, 1.807) is 0 Å². The summed E-state index contributed by atoms with van der Waals surface area (Å²) in [5.74, 6) is -21.7. The zero-order valence-corrected chi connectivity index (χ0v) is 29.9. The summed E-state index contributed by atoms with van der Waals surface area (Å²) in [7, 11) is -15.6. The van der Waals surface area contributed by atoms with Gasteiger partial charge in [-0.25, -0.2) is 0 Å². The molecule has 0 aliphatic heterocycles. The number of benzene rings is 1. The van der Waals surface area contributed by atoms with Crippen LogP contribution in [0.15, 0.2) is 86.5 Å². The molecule has 0 aromatic heterocycles. The van der Waals surface area contributed by atoms with E-state index in [2.05, 4.69) is 0 Å². The predicted octanol–water partition coefficient (Wildman–Crippen LogP) is -2.31. The smallest absolute Gasteiger partial charge is 0.318 e. The maximum Gasteiger partial charge on any atom is 0.318 e. The molecular weight excluding hydrogens is 835 g/mol. The fourth-order valence-corrected chi connectivity index (χ4v) is 6.66. The lowest BCUT2D eigenvalue weighted by Gasteiger charge is -2.19. The van der Waals surface area contributed by atoms with Gasteiger partial charge in [0.25, 0.3) is 48.1 Å². The maximum atomic E-state index is 13.5. The molecule has 1 aromatic rings. The molecule has 0 heterocycles. The predicted molar refractivity (Wildman–Crippen MR) is 180 cm³/mol. The largest absolute Gasteiger partial charge is 0.480 e. The second-order valence-electron chi connectivity index (χ2n) is 11.5. The first-order chi connectivity index (χ1) is 26.1. The van der Waals surface area contributed by atoms with Crippen LogP contribution in [0.25, 0.3) is 0 Å². The van der Waals surface area contributed by atoms with E-state index in [-0.39, 0.29) is 0 Å². The van der Waals surface area contributed by atoms with Crippen LogP contribution < -0.4 is 16.0 Å². The van der Waals surface area contributed by atoms with Crippen LogP contribution in [-0.2, 0) is 59.1 Å². The van der Waals surface area contributed by atoms with Gasteiger partial charge in [-0.05, 0) is 54.7 Å². The number of rotatable bonds is 12. The van der Waals surface area contributed by atoms with Crippen LogP contribution in [0.1, 0.15) is 31.1 Å². The molecule has 4 rings (SSSR count). The van der Waals surface area contributed by atoms with Crippen LogP contribution >= 0.6 is 0 Å². The van der Waals surface area contributed by atoms with Crippen molar-refractivity contribution < 1.29 is 97.4 Å². The molecule has 3 aliphatic carbocycles. The van der Waals surface area contributed by atoms with Gasteiger partial charge in [-0.15, -0.1) is 0 Å². The Labute approximate surface area is 316 Å². The molecule has 0 saturated heterocycles. The van der Waals surface area contributed by atoms with Gasteiger partial charge in [0, 0.05) is 16.7 Å². The molecule has 9 N–H and O–H groups in total. The minimum absolute atomic E-state index is 0.334. The third kappa shape index (κ3) is 9.55. The van der Waals surface area contributed by atoms with Gasteiger partial charge in [0.15, 0.2) is 17.3 Å². The molecule has 3 amide bonds. The van der Waals surface area contributed by atoms with Crippen molar-refractivity contribution >= 4 is 83.3 Å². The summed E-state index contributed by atoms with van der Waals surface area (Å²) in [6.45, 7) is 0. The van der Waals surface area contributed by atoms with E-state index in [1.165, 1.54) is 0 Å². The van der Waals surface area contributed by atoms with Crippen LogP contribution in [0.5, 0.6) is 0 Å². The Kier molecular flexibility index (Phi) is 11.6. The molecule has 0 spiro atoms. The minimum Gasteiger partial charge on any atom is -0.480 e. The first-order valence-corrected chi connectivity index (χ1v) is 19.1. The summed E-state index contributed by atoms with van der Waals surface area (Å²) in [5, 5.41) is 33.6. The summed E-state index contributed by atoms with van der Waals surface area (Å²) >= 11 is 0. The molecule has 0 bridgehead atoms. The van der Waals surface area contributed by atoms with Crippen molar-refractivity contribution in [3.8, 4) is 0 Å². The number of amides is 3. The van der Waals surface area contributed by atoms with Gasteiger partial charge in [0.2, 0.25) is 0 Å². The topological polar surface area (TPSA) is 414 Å². The molecule has 1 aromatic carbocycles. The number of carboxylic acid groups (broad SMARTS) is 3. The Balaban J connectivity index is 1.83. The lowest BCUT2D eigenvalue weighted by atomic mass is 9.95. The highest BCUT2D eigenvalue weighted by atomic mass is 32.2. The van der Waals surface area contributed by atoms with Gasteiger partial charge >= 0.3 is 17.9 Å². The van der Waals surface area contributed by atoms with Crippen molar-refractivity contribution in [2.75, 3.05) is 0 Å². The van der Waals surface area contributed by atoms with E-state index in [4.69, 9.17) is 0 Å². The summed E-state index contributed by atoms with van der Waals surface area (Å²) in [4.78, 5) is 110. The van der Waals surface area contributed by atoms with E-state index < -0.39 is 150 Å². The number of carbonyl (C=O) groups excluding carboxylic acids is 6. The van der Waals surface area contributed by atoms with Crippen molar-refractivity contribution in [2.45, 2.75) is 0 Å². The van der Waals surface area contributed by atoms with Crippen molar-refractivity contribution in [3.05, 3.63) is 103 Å². The average Bonchev–Trinajstić information content (AvgIpc) is 3.08. The van der Waals surface area contributed by atoms with Crippen LogP contribution in [0.3, 0.4) is 0 Å². The highest BCUT2D eigenvalue weighted by molar-refractivity contribution is 7.90. The van der Waals surface area contributed by atoms with Crippen LogP contribution in [0.4, 0.5) is 0 Å². The molecule has 0 fully saturated rings. The van der Waals surface area contributed by atoms with Gasteiger partial charge in [0.1, 0.15) is 17.8 Å². The van der Waals surface area contributed by atoms with Gasteiger partial charge < -0.3 is 31.3 Å². The highest BCUT2D eigenvalue weighted by Gasteiger charge is 2.38. The molecule has 24 nitrogen and oxygen atoms in total. The number of carbonyl (C=O) groups is 9. The molecular formula is C30H21N3O21S3. The minimum atomic E-state index is -5.21. The van der Waals surface area contributed by atoms with E-state index in [9.17, 15) is 97.4 Å². The fraction of sp³-hybridized carbons (Fsp3) is 0.100. The Bertz CT molecular complexity index is 2380. The number of ketones is 3. The Morgan fingerprint density at radius 2 is 0.649 bits per heavy atom. The van der Waals surface area contributed by atoms with E-state index in [1.807, 2.05) is 16.0 Å². The summed E-state index contributed by atoms with van der Waals surface area (Å²) in [6, 6.07) is 1.74. The molecule has 27 heteroatoms. The van der Waals surface area contributed by atoms with Crippen molar-refractivity contribution in [1.29, 1.82) is 0 Å². The number of carboxylic acids is 3. The lowest BCUT2D eigenvalue weighted by Crippen LogP contribution is -2.37. The molecule has 0 radical (unpaired) electrons. The quantitative estimate of drug-likeness (QED) is 0.0788. The second-order valence-corrected chi connectivity index (χ2v) is 15.8. The number of Topliss-reactive ketones (excluding diaryl/α,β-unsaturated/α-hetero) is 3. The number of nitrogens with one attached hydrogen (secondary N) is 3. The van der Waals surface area contributed by atoms with Crippen molar-refractivity contribution in [2.24, 2.45) is 17.8 Å². The highest BCUT2D eigenvalue weighted by Crippen LogP contribution is 2.26. The van der Waals surface area contributed by atoms with Crippen molar-refractivity contribution in [3.63, 3.8) is 0 Å². The summed E-state index contributed by atoms with van der Waals surface area (Å²) in [5.41, 5.74) is -5.87. The first kappa shape index (κ1) is 43.0. The first-order valence-electron chi connectivity index (χ1n) is 14.7. The third-order valence-electron chi connectivity index (χ3n) is 7.65. The van der Waals surface area contributed by atoms with Gasteiger partial charge in [-0.3, -0.25) is 56.8 Å². The van der Waals surface area contributed by atoms with Gasteiger partial charge in [-0.2, -0.15) is 25.3 Å². The van der Waals surface area contributed by atoms with E-state index in [0.29, 0.717) is 54.7 Å². The summed E-state index contributed by atoms with van der Waals surface area (Å²) < 4.78 is 98.9. The molecule has 3 atom stereocenters. The molecule has 3 unspecified atom stereocenters. The Hall–Kier alpha value is -6.78. The zero-order chi connectivity index (χ0) is 43.1. The Morgan fingerprint density at radius 3 is 0.825 bits per heavy atom. The lowest BCUT2D eigenvalue weighted by molar-refractivity contribution is -0.145. The number of hydrogen-bond acceptors (Lipinski definition) is 15. The standard InChI is InChI=1S/C30H21N3O21S3/c34-22-16(28(40)41)4-13(55(46,47)48)7-19(22)31-25(37)10-1-11(26(38)32-20-8-14(56(49,50)51)5-17(23(20)35)29(42)43)3-12(2-10)27(39)33-21-9-15(57(52,53)54)6-18(24(21)36)30(44)45/h1-9,16-18H,(H,31,37)(H,32,38)(H,33,39)(H,40,41)(H,42,43)(H,44,45)(H,46,47,48)(H,49,50,51)(H,52,53,54). The molecule has 300 valence electrons. The number of aliphatic carboxylic acids is 3. The molecule has 57 heavy (non-hydrogen) atoms. The van der Waals surface area contributed by atoms with Crippen LogP contribution in [-0.4, -0.2) is 107 Å². The normalized spacial score (nSPS) is 20.1. The third-order valence-corrected chi connectivity index (χ3v) is 10.2. The summed E-state index contributed by atoms with van der Waals surface area (Å²) in [6.07, 6.45) is 2.04. The second kappa shape index (κ2) is 15.4. The van der Waals surface area contributed by atoms with Gasteiger partial charge in [-0.1, -0.05) is 0 Å². The average molecular weight is 856 g/mol. The van der Waals surface area contributed by atoms with Crippen LogP contribution in [0, 0.1) is 17.8 Å².